The molecular formula is C16H18OS. The third-order valence-corrected chi connectivity index (χ3v) is 4.60. The summed E-state index contributed by atoms with van der Waals surface area (Å²) in [7, 11) is 0. The van der Waals surface area contributed by atoms with Gasteiger partial charge in [-0.1, -0.05) is 30.3 Å². The number of aryl methyl sites for hydroxylation is 1. The molecule has 1 aliphatic carbocycles. The van der Waals surface area contributed by atoms with Crippen LogP contribution in [0.3, 0.4) is 0 Å². The van der Waals surface area contributed by atoms with E-state index in [9.17, 15) is 5.11 Å². The maximum Gasteiger partial charge on any atom is 0.0577 e. The van der Waals surface area contributed by atoms with Gasteiger partial charge in [-0.25, -0.2) is 0 Å². The molecule has 0 saturated heterocycles. The second kappa shape index (κ2) is 5.25. The predicted octanol–water partition coefficient (Wildman–Crippen LogP) is 3.85. The molecular weight excluding hydrogens is 240 g/mol. The monoisotopic (exact) mass is 258 g/mol. The predicted molar refractivity (Wildman–Crippen MR) is 75.9 cm³/mol. The van der Waals surface area contributed by atoms with Crippen molar-refractivity contribution in [3.8, 4) is 0 Å². The minimum atomic E-state index is -0.143. The minimum absolute atomic E-state index is 0.143. The highest BCUT2D eigenvalue weighted by Gasteiger charge is 2.42. The van der Waals surface area contributed by atoms with Gasteiger partial charge in [0.25, 0.3) is 0 Å². The summed E-state index contributed by atoms with van der Waals surface area (Å²) in [6.07, 6.45) is 2.90. The topological polar surface area (TPSA) is 20.2 Å². The van der Waals surface area contributed by atoms with Crippen LogP contribution >= 0.6 is 11.3 Å². The molecule has 1 fully saturated rings. The second-order valence-corrected chi connectivity index (χ2v) is 5.93. The van der Waals surface area contributed by atoms with E-state index in [0.717, 1.165) is 19.3 Å². The fourth-order valence-electron chi connectivity index (χ4n) is 2.69. The first-order valence-corrected chi connectivity index (χ1v) is 7.53. The van der Waals surface area contributed by atoms with Gasteiger partial charge in [-0.05, 0) is 59.1 Å². The Morgan fingerprint density at radius 3 is 2.78 bits per heavy atom. The van der Waals surface area contributed by atoms with Crippen molar-refractivity contribution in [2.24, 2.45) is 5.92 Å². The lowest BCUT2D eigenvalue weighted by molar-refractivity contribution is 0.139. The maximum atomic E-state index is 10.2. The highest BCUT2D eigenvalue weighted by atomic mass is 32.1. The average molecular weight is 258 g/mol. The highest BCUT2D eigenvalue weighted by Crippen LogP contribution is 2.50. The van der Waals surface area contributed by atoms with Gasteiger partial charge in [0.1, 0.15) is 0 Å². The van der Waals surface area contributed by atoms with Gasteiger partial charge in [0.05, 0.1) is 6.10 Å². The van der Waals surface area contributed by atoms with E-state index in [1.807, 2.05) is 6.07 Å². The third kappa shape index (κ3) is 2.65. The van der Waals surface area contributed by atoms with Gasteiger partial charge in [-0.15, -0.1) is 0 Å². The Kier molecular flexibility index (Phi) is 3.48. The number of hydrogen-bond acceptors (Lipinski definition) is 2. The van der Waals surface area contributed by atoms with Crippen LogP contribution in [0.1, 0.15) is 29.9 Å². The van der Waals surface area contributed by atoms with Gasteiger partial charge in [0.2, 0.25) is 0 Å². The van der Waals surface area contributed by atoms with Crippen LogP contribution in [0.2, 0.25) is 0 Å². The van der Waals surface area contributed by atoms with Crippen LogP contribution in [0.25, 0.3) is 0 Å². The van der Waals surface area contributed by atoms with Crippen LogP contribution < -0.4 is 0 Å². The molecule has 1 aliphatic rings. The zero-order valence-electron chi connectivity index (χ0n) is 10.3. The summed E-state index contributed by atoms with van der Waals surface area (Å²) in [5.74, 6) is 1.06. The molecule has 2 heteroatoms. The van der Waals surface area contributed by atoms with Crippen LogP contribution in [0.15, 0.2) is 47.2 Å². The van der Waals surface area contributed by atoms with E-state index in [1.54, 1.807) is 11.3 Å². The summed E-state index contributed by atoms with van der Waals surface area (Å²) in [5.41, 5.74) is 2.74. The summed E-state index contributed by atoms with van der Waals surface area (Å²) in [6.45, 7) is 0. The molecule has 1 nitrogen and oxygen atoms in total. The fraction of sp³-hybridized carbons (Fsp3) is 0.375. The first-order valence-electron chi connectivity index (χ1n) is 6.58. The van der Waals surface area contributed by atoms with Crippen LogP contribution in [-0.4, -0.2) is 11.2 Å². The number of hydrogen-bond donors (Lipinski definition) is 1. The highest BCUT2D eigenvalue weighted by molar-refractivity contribution is 7.07. The van der Waals surface area contributed by atoms with Crippen molar-refractivity contribution in [2.45, 2.75) is 31.3 Å². The third-order valence-electron chi connectivity index (χ3n) is 3.87. The van der Waals surface area contributed by atoms with Gasteiger partial charge in [0, 0.05) is 0 Å². The first kappa shape index (κ1) is 11.9. The van der Waals surface area contributed by atoms with Gasteiger partial charge in [0.15, 0.2) is 0 Å². The Hall–Kier alpha value is -1.12. The largest absolute Gasteiger partial charge is 0.393 e. The van der Waals surface area contributed by atoms with Crippen LogP contribution in [0, 0.1) is 5.92 Å². The smallest absolute Gasteiger partial charge is 0.0577 e. The Balaban J connectivity index is 1.52. The molecule has 1 heterocycles. The summed E-state index contributed by atoms with van der Waals surface area (Å²) >= 11 is 1.73. The number of rotatable bonds is 5. The Morgan fingerprint density at radius 1 is 1.22 bits per heavy atom. The molecule has 0 bridgehead atoms. The van der Waals surface area contributed by atoms with E-state index in [1.165, 1.54) is 11.1 Å². The van der Waals surface area contributed by atoms with E-state index < -0.39 is 0 Å². The lowest BCUT2D eigenvalue weighted by Crippen LogP contribution is -2.11. The van der Waals surface area contributed by atoms with Crippen molar-refractivity contribution >= 4 is 11.3 Å². The van der Waals surface area contributed by atoms with E-state index in [4.69, 9.17) is 0 Å². The first-order chi connectivity index (χ1) is 8.84. The molecule has 0 spiro atoms. The fourth-order valence-corrected chi connectivity index (χ4v) is 3.39. The minimum Gasteiger partial charge on any atom is -0.393 e. The van der Waals surface area contributed by atoms with Gasteiger partial charge in [-0.3, -0.25) is 0 Å². The average Bonchev–Trinajstić information content (AvgIpc) is 3.05. The van der Waals surface area contributed by atoms with Crippen molar-refractivity contribution < 1.29 is 5.11 Å². The van der Waals surface area contributed by atoms with Gasteiger partial charge < -0.3 is 5.11 Å². The van der Waals surface area contributed by atoms with E-state index in [0.29, 0.717) is 11.8 Å². The summed E-state index contributed by atoms with van der Waals surface area (Å²) < 4.78 is 0. The summed E-state index contributed by atoms with van der Waals surface area (Å²) in [6, 6.07) is 12.7. The molecule has 0 amide bonds. The van der Waals surface area contributed by atoms with E-state index in [2.05, 4.69) is 41.1 Å². The lowest BCUT2D eigenvalue weighted by atomic mass is 10.0. The van der Waals surface area contributed by atoms with Crippen molar-refractivity contribution in [1.82, 2.24) is 0 Å². The molecule has 1 aromatic carbocycles. The zero-order valence-corrected chi connectivity index (χ0v) is 11.1. The maximum absolute atomic E-state index is 10.2. The number of benzene rings is 1. The molecule has 18 heavy (non-hydrogen) atoms. The normalized spacial score (nSPS) is 23.8. The standard InChI is InChI=1S/C16H18OS/c17-16(7-6-12-8-9-18-11-12)15-10-14(15)13-4-2-1-3-5-13/h1-5,8-9,11,14-17H,6-7,10H2. The molecule has 1 N–H and O–H groups in total. The number of aliphatic hydroxyl groups excluding tert-OH is 1. The van der Waals surface area contributed by atoms with Crippen molar-refractivity contribution in [1.29, 1.82) is 0 Å². The summed E-state index contributed by atoms with van der Waals surface area (Å²) in [4.78, 5) is 0. The van der Waals surface area contributed by atoms with E-state index >= 15 is 0 Å². The number of thiophene rings is 1. The molecule has 3 atom stereocenters. The Morgan fingerprint density at radius 2 is 2.06 bits per heavy atom. The molecule has 3 rings (SSSR count). The van der Waals surface area contributed by atoms with Crippen molar-refractivity contribution in [3.63, 3.8) is 0 Å². The molecule has 3 unspecified atom stereocenters. The SMILES string of the molecule is OC(CCc1ccsc1)C1CC1c1ccccc1. The van der Waals surface area contributed by atoms with Crippen LogP contribution in [0.5, 0.6) is 0 Å². The van der Waals surface area contributed by atoms with Crippen LogP contribution in [-0.2, 0) is 6.42 Å². The summed E-state index contributed by atoms with van der Waals surface area (Å²) in [5, 5.41) is 14.5. The molecule has 94 valence electrons. The van der Waals surface area contributed by atoms with Gasteiger partial charge >= 0.3 is 0 Å². The van der Waals surface area contributed by atoms with E-state index in [-0.39, 0.29) is 6.10 Å². The Labute approximate surface area is 112 Å². The van der Waals surface area contributed by atoms with Crippen LogP contribution in [0.4, 0.5) is 0 Å². The lowest BCUT2D eigenvalue weighted by Gasteiger charge is -2.09. The van der Waals surface area contributed by atoms with Gasteiger partial charge in [-0.2, -0.15) is 11.3 Å². The molecule has 2 aromatic rings. The molecule has 0 aliphatic heterocycles. The van der Waals surface area contributed by atoms with Crippen molar-refractivity contribution in [3.05, 3.63) is 58.3 Å². The molecule has 1 saturated carbocycles. The zero-order chi connectivity index (χ0) is 12.4. The van der Waals surface area contributed by atoms with Crippen molar-refractivity contribution in [2.75, 3.05) is 0 Å². The Bertz CT molecular complexity index is 477. The molecule has 0 radical (unpaired) electrons. The number of aliphatic hydroxyl groups is 1. The quantitative estimate of drug-likeness (QED) is 0.863. The second-order valence-electron chi connectivity index (χ2n) is 5.15. The molecule has 1 aromatic heterocycles.